The molecule has 138 valence electrons. The van der Waals surface area contributed by atoms with E-state index in [1.54, 1.807) is 32.0 Å². The highest BCUT2D eigenvalue weighted by atomic mass is 19.1. The maximum absolute atomic E-state index is 12.6. The van der Waals surface area contributed by atoms with Gasteiger partial charge >= 0.3 is 0 Å². The van der Waals surface area contributed by atoms with Gasteiger partial charge < -0.3 is 15.7 Å². The molecule has 1 aliphatic heterocycles. The normalized spacial score (nSPS) is 18.2. The SMILES string of the molecule is CC(C)(O)CN1CCCC1NC(=O)CNC(=O)c1cccc(CF)c1. The zero-order valence-electron chi connectivity index (χ0n) is 14.7. The molecule has 2 amide bonds. The van der Waals surface area contributed by atoms with Crippen LogP contribution in [0, 0.1) is 0 Å². The summed E-state index contributed by atoms with van der Waals surface area (Å²) in [6, 6.07) is 6.25. The van der Waals surface area contributed by atoms with E-state index >= 15 is 0 Å². The summed E-state index contributed by atoms with van der Waals surface area (Å²) in [4.78, 5) is 26.2. The molecule has 1 aromatic rings. The summed E-state index contributed by atoms with van der Waals surface area (Å²) in [5.74, 6) is -0.701. The summed E-state index contributed by atoms with van der Waals surface area (Å²) < 4.78 is 12.6. The lowest BCUT2D eigenvalue weighted by Gasteiger charge is -2.30. The number of nitrogens with zero attached hydrogens (tertiary/aromatic N) is 1. The number of carbonyl (C=O) groups excluding carboxylic acids is 2. The molecule has 3 N–H and O–H groups in total. The number of hydrogen-bond acceptors (Lipinski definition) is 4. The summed E-state index contributed by atoms with van der Waals surface area (Å²) in [6.45, 7) is 3.97. The summed E-state index contributed by atoms with van der Waals surface area (Å²) >= 11 is 0. The number of carbonyl (C=O) groups is 2. The zero-order valence-corrected chi connectivity index (χ0v) is 14.7. The van der Waals surface area contributed by atoms with Crippen molar-refractivity contribution < 1.29 is 19.1 Å². The van der Waals surface area contributed by atoms with Crippen molar-refractivity contribution in [3.63, 3.8) is 0 Å². The number of likely N-dealkylation sites (tertiary alicyclic amines) is 1. The highest BCUT2D eigenvalue weighted by Gasteiger charge is 2.29. The average molecular weight is 351 g/mol. The summed E-state index contributed by atoms with van der Waals surface area (Å²) in [5, 5.41) is 15.4. The second kappa shape index (κ2) is 8.40. The van der Waals surface area contributed by atoms with E-state index in [0.29, 0.717) is 17.7 Å². The summed E-state index contributed by atoms with van der Waals surface area (Å²) in [5.41, 5.74) is -0.0824. The van der Waals surface area contributed by atoms with Crippen LogP contribution in [-0.4, -0.2) is 53.2 Å². The molecule has 0 saturated carbocycles. The van der Waals surface area contributed by atoms with Crippen molar-refractivity contribution in [1.29, 1.82) is 0 Å². The predicted molar refractivity (Wildman–Crippen MR) is 92.6 cm³/mol. The fourth-order valence-corrected chi connectivity index (χ4v) is 2.97. The lowest BCUT2D eigenvalue weighted by atomic mass is 10.1. The first kappa shape index (κ1) is 19.3. The van der Waals surface area contributed by atoms with Crippen LogP contribution in [0.25, 0.3) is 0 Å². The first-order chi connectivity index (χ1) is 11.8. The fraction of sp³-hybridized carbons (Fsp3) is 0.556. The van der Waals surface area contributed by atoms with Crippen LogP contribution < -0.4 is 10.6 Å². The molecule has 25 heavy (non-hydrogen) atoms. The standard InChI is InChI=1S/C18H26FN3O3/c1-18(2,25)12-22-8-4-7-15(22)21-16(23)11-20-17(24)14-6-3-5-13(9-14)10-19/h3,5-6,9,15,25H,4,7-8,10-12H2,1-2H3,(H,20,24)(H,21,23). The van der Waals surface area contributed by atoms with E-state index in [1.165, 1.54) is 6.07 Å². The number of aliphatic hydroxyl groups is 1. The third-order valence-corrected chi connectivity index (χ3v) is 4.03. The largest absolute Gasteiger partial charge is 0.389 e. The maximum Gasteiger partial charge on any atom is 0.251 e. The lowest BCUT2D eigenvalue weighted by molar-refractivity contribution is -0.122. The Bertz CT molecular complexity index is 616. The minimum atomic E-state index is -0.830. The number of amides is 2. The Kier molecular flexibility index (Phi) is 6.50. The van der Waals surface area contributed by atoms with Crippen LogP contribution >= 0.6 is 0 Å². The Morgan fingerprint density at radius 3 is 2.84 bits per heavy atom. The van der Waals surface area contributed by atoms with Crippen LogP contribution in [0.15, 0.2) is 24.3 Å². The van der Waals surface area contributed by atoms with Crippen LogP contribution in [0.4, 0.5) is 4.39 Å². The molecule has 0 bridgehead atoms. The number of β-amino-alcohol motifs (C(OH)–C–C–N with tert-alkyl or cyclic N) is 1. The lowest BCUT2D eigenvalue weighted by Crippen LogP contribution is -2.51. The zero-order chi connectivity index (χ0) is 18.4. The quantitative estimate of drug-likeness (QED) is 0.689. The molecule has 1 saturated heterocycles. The van der Waals surface area contributed by atoms with Crippen molar-refractivity contribution >= 4 is 11.8 Å². The van der Waals surface area contributed by atoms with Crippen LogP contribution in [0.5, 0.6) is 0 Å². The first-order valence-electron chi connectivity index (χ1n) is 8.47. The number of nitrogens with one attached hydrogen (secondary N) is 2. The van der Waals surface area contributed by atoms with Gasteiger partial charge in [0, 0.05) is 18.7 Å². The Labute approximate surface area is 147 Å². The summed E-state index contributed by atoms with van der Waals surface area (Å²) in [6.07, 6.45) is 1.63. The fourth-order valence-electron chi connectivity index (χ4n) is 2.97. The van der Waals surface area contributed by atoms with Gasteiger partial charge in [0.1, 0.15) is 6.67 Å². The van der Waals surface area contributed by atoms with E-state index < -0.39 is 18.2 Å². The van der Waals surface area contributed by atoms with Gasteiger partial charge in [-0.15, -0.1) is 0 Å². The number of halogens is 1. The van der Waals surface area contributed by atoms with E-state index in [1.807, 2.05) is 4.90 Å². The topological polar surface area (TPSA) is 81.7 Å². The smallest absolute Gasteiger partial charge is 0.251 e. The molecule has 2 rings (SSSR count). The number of benzene rings is 1. The molecule has 1 unspecified atom stereocenters. The molecule has 1 aliphatic rings. The second-order valence-electron chi connectivity index (χ2n) is 7.03. The van der Waals surface area contributed by atoms with Gasteiger partial charge in [-0.05, 0) is 44.4 Å². The van der Waals surface area contributed by atoms with Crippen molar-refractivity contribution in [2.45, 2.75) is 45.1 Å². The molecule has 0 aromatic heterocycles. The van der Waals surface area contributed by atoms with E-state index in [0.717, 1.165) is 19.4 Å². The summed E-state index contributed by atoms with van der Waals surface area (Å²) in [7, 11) is 0. The van der Waals surface area contributed by atoms with E-state index in [2.05, 4.69) is 10.6 Å². The average Bonchev–Trinajstić information content (AvgIpc) is 2.97. The van der Waals surface area contributed by atoms with Gasteiger partial charge in [0.25, 0.3) is 5.91 Å². The minimum absolute atomic E-state index is 0.134. The molecule has 0 spiro atoms. The number of rotatable bonds is 7. The van der Waals surface area contributed by atoms with Gasteiger partial charge in [-0.3, -0.25) is 14.5 Å². The molecule has 6 nitrogen and oxygen atoms in total. The van der Waals surface area contributed by atoms with Crippen LogP contribution in [-0.2, 0) is 11.5 Å². The van der Waals surface area contributed by atoms with E-state index in [9.17, 15) is 19.1 Å². The highest BCUT2D eigenvalue weighted by Crippen LogP contribution is 2.18. The van der Waals surface area contributed by atoms with Gasteiger partial charge in [-0.2, -0.15) is 0 Å². The second-order valence-corrected chi connectivity index (χ2v) is 7.03. The van der Waals surface area contributed by atoms with Crippen molar-refractivity contribution in [2.75, 3.05) is 19.6 Å². The molecule has 0 radical (unpaired) electrons. The molecule has 1 aromatic carbocycles. The van der Waals surface area contributed by atoms with Crippen LogP contribution in [0.1, 0.15) is 42.6 Å². The van der Waals surface area contributed by atoms with Crippen LogP contribution in [0.3, 0.4) is 0 Å². The Morgan fingerprint density at radius 2 is 2.16 bits per heavy atom. The molecule has 7 heteroatoms. The predicted octanol–water partition coefficient (Wildman–Crippen LogP) is 1.19. The van der Waals surface area contributed by atoms with E-state index in [4.69, 9.17) is 0 Å². The minimum Gasteiger partial charge on any atom is -0.389 e. The molecule has 0 aliphatic carbocycles. The third-order valence-electron chi connectivity index (χ3n) is 4.03. The van der Waals surface area contributed by atoms with Crippen LogP contribution in [0.2, 0.25) is 0 Å². The highest BCUT2D eigenvalue weighted by molar-refractivity contribution is 5.96. The maximum atomic E-state index is 12.6. The third kappa shape index (κ3) is 6.10. The van der Waals surface area contributed by atoms with Crippen molar-refractivity contribution in [2.24, 2.45) is 0 Å². The Hall–Kier alpha value is -1.99. The van der Waals surface area contributed by atoms with Gasteiger partial charge in [0.15, 0.2) is 0 Å². The van der Waals surface area contributed by atoms with Crippen molar-refractivity contribution in [3.05, 3.63) is 35.4 Å². The molecule has 1 fully saturated rings. The molecular weight excluding hydrogens is 325 g/mol. The van der Waals surface area contributed by atoms with Gasteiger partial charge in [0.2, 0.25) is 5.91 Å². The van der Waals surface area contributed by atoms with Crippen molar-refractivity contribution in [3.8, 4) is 0 Å². The Morgan fingerprint density at radius 1 is 1.40 bits per heavy atom. The Balaban J connectivity index is 1.82. The van der Waals surface area contributed by atoms with Gasteiger partial charge in [0.05, 0.1) is 18.3 Å². The molecule has 1 heterocycles. The van der Waals surface area contributed by atoms with Gasteiger partial charge in [-0.1, -0.05) is 12.1 Å². The van der Waals surface area contributed by atoms with Gasteiger partial charge in [-0.25, -0.2) is 4.39 Å². The molecular formula is C18H26FN3O3. The van der Waals surface area contributed by atoms with E-state index in [-0.39, 0.29) is 18.6 Å². The monoisotopic (exact) mass is 351 g/mol. The van der Waals surface area contributed by atoms with Crippen molar-refractivity contribution in [1.82, 2.24) is 15.5 Å². The number of hydrogen-bond donors (Lipinski definition) is 3. The number of alkyl halides is 1. The first-order valence-corrected chi connectivity index (χ1v) is 8.47. The molecule has 1 atom stereocenters.